The summed E-state index contributed by atoms with van der Waals surface area (Å²) in [6, 6.07) is 5.30. The van der Waals surface area contributed by atoms with Gasteiger partial charge in [0.05, 0.1) is 24.7 Å². The van der Waals surface area contributed by atoms with Crippen LogP contribution in [0.5, 0.6) is 5.75 Å². The highest BCUT2D eigenvalue weighted by Crippen LogP contribution is 2.23. The number of methoxy groups -OCH3 is 1. The van der Waals surface area contributed by atoms with Crippen molar-refractivity contribution in [2.45, 2.75) is 6.54 Å². The quantitative estimate of drug-likeness (QED) is 0.939. The van der Waals surface area contributed by atoms with E-state index in [1.807, 2.05) is 6.07 Å². The van der Waals surface area contributed by atoms with Gasteiger partial charge in [0.1, 0.15) is 5.75 Å². The molecule has 1 heterocycles. The van der Waals surface area contributed by atoms with Gasteiger partial charge in [-0.05, 0) is 18.2 Å². The summed E-state index contributed by atoms with van der Waals surface area (Å²) in [4.78, 5) is 17.0. The summed E-state index contributed by atoms with van der Waals surface area (Å²) >= 11 is 4.85. The SMILES string of the molecule is COc1cc(Br)ccc1C(=O)NCc1cncs1. The normalized spacial score (nSPS) is 10.1. The molecule has 94 valence electrons. The fraction of sp³-hybridized carbons (Fsp3) is 0.167. The molecule has 1 aromatic carbocycles. The molecule has 0 aliphatic heterocycles. The standard InChI is InChI=1S/C12H11BrN2O2S/c1-17-11-4-8(13)2-3-10(11)12(16)15-6-9-5-14-7-18-9/h2-5,7H,6H2,1H3,(H,15,16). The third kappa shape index (κ3) is 3.08. The van der Waals surface area contributed by atoms with Crippen molar-refractivity contribution in [1.29, 1.82) is 0 Å². The average Bonchev–Trinajstić information content (AvgIpc) is 2.88. The smallest absolute Gasteiger partial charge is 0.255 e. The van der Waals surface area contributed by atoms with E-state index in [4.69, 9.17) is 4.74 Å². The maximum absolute atomic E-state index is 12.0. The summed E-state index contributed by atoms with van der Waals surface area (Å²) in [6.07, 6.45) is 1.74. The van der Waals surface area contributed by atoms with E-state index < -0.39 is 0 Å². The summed E-state index contributed by atoms with van der Waals surface area (Å²) in [5, 5.41) is 2.83. The molecule has 1 aromatic heterocycles. The van der Waals surface area contributed by atoms with Crippen molar-refractivity contribution in [2.75, 3.05) is 7.11 Å². The Morgan fingerprint density at radius 2 is 2.39 bits per heavy atom. The van der Waals surface area contributed by atoms with Crippen molar-refractivity contribution < 1.29 is 9.53 Å². The molecule has 0 saturated carbocycles. The number of aromatic nitrogens is 1. The number of carbonyl (C=O) groups excluding carboxylic acids is 1. The molecule has 0 aliphatic rings. The molecule has 0 bridgehead atoms. The second-order valence-electron chi connectivity index (χ2n) is 3.50. The molecule has 6 heteroatoms. The Hall–Kier alpha value is -1.40. The van der Waals surface area contributed by atoms with E-state index in [0.717, 1.165) is 9.35 Å². The van der Waals surface area contributed by atoms with E-state index in [2.05, 4.69) is 26.2 Å². The molecular formula is C12H11BrN2O2S. The number of thiazole rings is 1. The van der Waals surface area contributed by atoms with Crippen LogP contribution in [-0.2, 0) is 6.54 Å². The van der Waals surface area contributed by atoms with Crippen molar-refractivity contribution in [3.05, 3.63) is 44.8 Å². The lowest BCUT2D eigenvalue weighted by molar-refractivity contribution is 0.0948. The zero-order valence-corrected chi connectivity index (χ0v) is 12.0. The van der Waals surface area contributed by atoms with E-state index in [1.54, 1.807) is 30.9 Å². The number of benzene rings is 1. The van der Waals surface area contributed by atoms with Crippen LogP contribution in [0.15, 0.2) is 34.4 Å². The lowest BCUT2D eigenvalue weighted by Gasteiger charge is -2.09. The molecule has 18 heavy (non-hydrogen) atoms. The monoisotopic (exact) mass is 326 g/mol. The minimum Gasteiger partial charge on any atom is -0.496 e. The molecule has 0 atom stereocenters. The van der Waals surface area contributed by atoms with Crippen molar-refractivity contribution in [3.8, 4) is 5.75 Å². The first kappa shape index (κ1) is 13.0. The van der Waals surface area contributed by atoms with Gasteiger partial charge < -0.3 is 10.1 Å². The van der Waals surface area contributed by atoms with Crippen LogP contribution in [0, 0.1) is 0 Å². The Balaban J connectivity index is 2.09. The van der Waals surface area contributed by atoms with Gasteiger partial charge in [0.15, 0.2) is 0 Å². The van der Waals surface area contributed by atoms with Gasteiger partial charge in [-0.2, -0.15) is 0 Å². The highest BCUT2D eigenvalue weighted by atomic mass is 79.9. The number of halogens is 1. The van der Waals surface area contributed by atoms with Gasteiger partial charge in [-0.15, -0.1) is 11.3 Å². The Bertz CT molecular complexity index is 543. The largest absolute Gasteiger partial charge is 0.496 e. The van der Waals surface area contributed by atoms with Crippen molar-refractivity contribution in [3.63, 3.8) is 0 Å². The molecule has 1 amide bonds. The number of rotatable bonds is 4. The number of hydrogen-bond acceptors (Lipinski definition) is 4. The summed E-state index contributed by atoms with van der Waals surface area (Å²) in [5.74, 6) is 0.388. The van der Waals surface area contributed by atoms with Gasteiger partial charge in [-0.25, -0.2) is 0 Å². The molecule has 0 fully saturated rings. The minimum absolute atomic E-state index is 0.159. The molecule has 1 N–H and O–H groups in total. The first-order chi connectivity index (χ1) is 8.70. The van der Waals surface area contributed by atoms with Gasteiger partial charge in [-0.3, -0.25) is 9.78 Å². The number of amides is 1. The second kappa shape index (κ2) is 5.97. The van der Waals surface area contributed by atoms with Crippen molar-refractivity contribution >= 4 is 33.2 Å². The minimum atomic E-state index is -0.159. The van der Waals surface area contributed by atoms with E-state index in [1.165, 1.54) is 11.3 Å². The van der Waals surface area contributed by atoms with Gasteiger partial charge >= 0.3 is 0 Å². The molecule has 0 aliphatic carbocycles. The average molecular weight is 327 g/mol. The maximum Gasteiger partial charge on any atom is 0.255 e. The summed E-state index contributed by atoms with van der Waals surface area (Å²) < 4.78 is 6.06. The van der Waals surface area contributed by atoms with Crippen molar-refractivity contribution in [1.82, 2.24) is 10.3 Å². The van der Waals surface area contributed by atoms with Crippen LogP contribution in [0.1, 0.15) is 15.2 Å². The van der Waals surface area contributed by atoms with Crippen LogP contribution < -0.4 is 10.1 Å². The maximum atomic E-state index is 12.0. The molecule has 2 aromatic rings. The van der Waals surface area contributed by atoms with Crippen LogP contribution in [0.2, 0.25) is 0 Å². The predicted molar refractivity (Wildman–Crippen MR) is 74.0 cm³/mol. The first-order valence-electron chi connectivity index (χ1n) is 5.20. The van der Waals surface area contributed by atoms with E-state index in [0.29, 0.717) is 17.9 Å². The zero-order chi connectivity index (χ0) is 13.0. The number of ether oxygens (including phenoxy) is 1. The summed E-state index contributed by atoms with van der Waals surface area (Å²) in [6.45, 7) is 0.475. The fourth-order valence-electron chi connectivity index (χ4n) is 1.44. The third-order valence-corrected chi connectivity index (χ3v) is 3.59. The van der Waals surface area contributed by atoms with Crippen LogP contribution in [-0.4, -0.2) is 18.0 Å². The van der Waals surface area contributed by atoms with Gasteiger partial charge in [0, 0.05) is 15.5 Å². The molecule has 2 rings (SSSR count). The van der Waals surface area contributed by atoms with Crippen LogP contribution in [0.25, 0.3) is 0 Å². The highest BCUT2D eigenvalue weighted by Gasteiger charge is 2.12. The van der Waals surface area contributed by atoms with E-state index in [-0.39, 0.29) is 5.91 Å². The molecule has 0 spiro atoms. The van der Waals surface area contributed by atoms with Crippen LogP contribution in [0.4, 0.5) is 0 Å². The molecule has 0 radical (unpaired) electrons. The second-order valence-corrected chi connectivity index (χ2v) is 5.38. The zero-order valence-electron chi connectivity index (χ0n) is 9.64. The van der Waals surface area contributed by atoms with Gasteiger partial charge in [0.25, 0.3) is 5.91 Å². The molecule has 4 nitrogen and oxygen atoms in total. The van der Waals surface area contributed by atoms with E-state index >= 15 is 0 Å². The first-order valence-corrected chi connectivity index (χ1v) is 6.87. The van der Waals surface area contributed by atoms with Gasteiger partial charge in [0.2, 0.25) is 0 Å². The Labute approximate surface area is 117 Å². The summed E-state index contributed by atoms with van der Waals surface area (Å²) in [5.41, 5.74) is 2.26. The summed E-state index contributed by atoms with van der Waals surface area (Å²) in [7, 11) is 1.54. The van der Waals surface area contributed by atoms with E-state index in [9.17, 15) is 4.79 Å². The Morgan fingerprint density at radius 3 is 3.06 bits per heavy atom. The Kier molecular flexibility index (Phi) is 4.33. The lowest BCUT2D eigenvalue weighted by atomic mass is 10.2. The molecule has 0 unspecified atom stereocenters. The molecular weight excluding hydrogens is 316 g/mol. The van der Waals surface area contributed by atoms with Crippen LogP contribution in [0.3, 0.4) is 0 Å². The van der Waals surface area contributed by atoms with Gasteiger partial charge in [-0.1, -0.05) is 15.9 Å². The third-order valence-electron chi connectivity index (χ3n) is 2.31. The Morgan fingerprint density at radius 1 is 1.56 bits per heavy atom. The molecule has 0 saturated heterocycles. The number of nitrogens with zero attached hydrogens (tertiary/aromatic N) is 1. The number of nitrogens with one attached hydrogen (secondary N) is 1. The highest BCUT2D eigenvalue weighted by molar-refractivity contribution is 9.10. The number of hydrogen-bond donors (Lipinski definition) is 1. The number of carbonyl (C=O) groups is 1. The topological polar surface area (TPSA) is 51.2 Å². The fourth-order valence-corrected chi connectivity index (χ4v) is 2.32. The lowest BCUT2D eigenvalue weighted by Crippen LogP contribution is -2.22. The van der Waals surface area contributed by atoms with Crippen molar-refractivity contribution in [2.24, 2.45) is 0 Å². The predicted octanol–water partition coefficient (Wildman–Crippen LogP) is 2.84. The van der Waals surface area contributed by atoms with Crippen LogP contribution >= 0.6 is 27.3 Å².